The van der Waals surface area contributed by atoms with Crippen molar-refractivity contribution in [2.75, 3.05) is 13.2 Å². The molecule has 0 aliphatic heterocycles. The van der Waals surface area contributed by atoms with E-state index < -0.39 is 36.6 Å². The molecule has 0 saturated heterocycles. The Hall–Kier alpha value is -3.11. The van der Waals surface area contributed by atoms with E-state index in [0.29, 0.717) is 13.2 Å². The maximum Gasteiger partial charge on any atom is 0.216 e. The van der Waals surface area contributed by atoms with Gasteiger partial charge in [-0.15, -0.1) is 0 Å². The molecule has 1 fully saturated rings. The van der Waals surface area contributed by atoms with E-state index in [-0.39, 0.29) is 25.7 Å². The number of hydrogen-bond acceptors (Lipinski definition) is 7. The summed E-state index contributed by atoms with van der Waals surface area (Å²) in [6, 6.07) is 29.3. The minimum absolute atomic E-state index is 0.0233. The molecule has 6 unspecified atom stereocenters. The summed E-state index contributed by atoms with van der Waals surface area (Å²) in [5.41, 5.74) is 2.90. The zero-order valence-corrected chi connectivity index (χ0v) is 24.9. The second-order valence-corrected chi connectivity index (χ2v) is 11.0. The van der Waals surface area contributed by atoms with E-state index in [1.165, 1.54) is 6.92 Å². The van der Waals surface area contributed by atoms with Crippen LogP contribution in [0, 0.1) is 0 Å². The zero-order valence-electron chi connectivity index (χ0n) is 24.9. The Morgan fingerprint density at radius 1 is 0.581 bits per heavy atom. The van der Waals surface area contributed by atoms with Gasteiger partial charge in [-0.25, -0.2) is 0 Å². The molecule has 43 heavy (non-hydrogen) atoms. The van der Waals surface area contributed by atoms with Crippen molar-refractivity contribution in [2.24, 2.45) is 0 Å². The first-order valence-corrected chi connectivity index (χ1v) is 15.2. The van der Waals surface area contributed by atoms with E-state index in [1.54, 1.807) is 0 Å². The third-order valence-corrected chi connectivity index (χ3v) is 7.61. The predicted octanol–water partition coefficient (Wildman–Crippen LogP) is 4.56. The largest absolute Gasteiger partial charge is 0.387 e. The first-order chi connectivity index (χ1) is 21.0. The van der Waals surface area contributed by atoms with Crippen LogP contribution in [0.2, 0.25) is 0 Å². The average Bonchev–Trinajstić information content (AvgIpc) is 3.03. The Morgan fingerprint density at radius 2 is 0.977 bits per heavy atom. The van der Waals surface area contributed by atoms with Gasteiger partial charge in [0, 0.05) is 20.1 Å². The molecule has 3 aromatic rings. The van der Waals surface area contributed by atoms with E-state index in [2.05, 4.69) is 5.32 Å². The van der Waals surface area contributed by atoms with Gasteiger partial charge in [-0.2, -0.15) is 0 Å². The number of aliphatic hydroxyl groups is 2. The molecule has 8 heteroatoms. The minimum Gasteiger partial charge on any atom is -0.387 e. The quantitative estimate of drug-likeness (QED) is 0.198. The maximum atomic E-state index is 11.4. The van der Waals surface area contributed by atoms with Gasteiger partial charge < -0.3 is 34.5 Å². The van der Waals surface area contributed by atoms with Gasteiger partial charge in [0.2, 0.25) is 5.91 Å². The molecule has 0 heterocycles. The first-order valence-electron chi connectivity index (χ1n) is 15.2. The summed E-state index contributed by atoms with van der Waals surface area (Å²) in [4.78, 5) is 11.1. The van der Waals surface area contributed by atoms with Gasteiger partial charge in [-0.05, 0) is 29.5 Å². The van der Waals surface area contributed by atoms with Crippen molar-refractivity contribution in [3.05, 3.63) is 108 Å². The fraction of sp³-hybridized carbons (Fsp3) is 0.457. The van der Waals surface area contributed by atoms with Crippen LogP contribution in [0.1, 0.15) is 49.3 Å². The minimum atomic E-state index is -1.25. The summed E-state index contributed by atoms with van der Waals surface area (Å²) in [7, 11) is 0. The van der Waals surface area contributed by atoms with Crippen molar-refractivity contribution in [1.29, 1.82) is 0 Å². The Labute approximate surface area is 254 Å². The fourth-order valence-electron chi connectivity index (χ4n) is 5.28. The Kier molecular flexibility index (Phi) is 13.6. The molecule has 0 bridgehead atoms. The van der Waals surface area contributed by atoms with Crippen LogP contribution in [0.3, 0.4) is 0 Å². The summed E-state index contributed by atoms with van der Waals surface area (Å²) >= 11 is 0. The van der Waals surface area contributed by atoms with Crippen LogP contribution in [0.15, 0.2) is 91.0 Å². The molecular formula is C35H45NO7. The molecule has 0 aromatic heterocycles. The number of benzene rings is 3. The molecule has 8 nitrogen and oxygen atoms in total. The molecule has 3 aromatic carbocycles. The average molecular weight is 592 g/mol. The van der Waals surface area contributed by atoms with E-state index in [1.807, 2.05) is 91.0 Å². The number of hydrogen-bond donors (Lipinski definition) is 3. The smallest absolute Gasteiger partial charge is 0.216 e. The molecule has 232 valence electrons. The highest BCUT2D eigenvalue weighted by molar-refractivity contribution is 5.72. The molecule has 6 atom stereocenters. The fourth-order valence-corrected chi connectivity index (χ4v) is 5.28. The maximum absolute atomic E-state index is 11.4. The highest BCUT2D eigenvalue weighted by Crippen LogP contribution is 2.32. The zero-order chi connectivity index (χ0) is 30.3. The Bertz CT molecular complexity index is 1180. The molecule has 3 N–H and O–H groups in total. The van der Waals surface area contributed by atoms with Crippen molar-refractivity contribution >= 4 is 5.91 Å². The lowest BCUT2D eigenvalue weighted by atomic mass is 9.84. The van der Waals surface area contributed by atoms with Crippen LogP contribution >= 0.6 is 0 Å². The Balaban J connectivity index is 1.49. The van der Waals surface area contributed by atoms with E-state index in [9.17, 15) is 15.0 Å². The highest BCUT2D eigenvalue weighted by atomic mass is 16.6. The number of nitrogens with one attached hydrogen (secondary N) is 1. The summed E-state index contributed by atoms with van der Waals surface area (Å²) in [5.74, 6) is -0.0233. The number of amides is 1. The van der Waals surface area contributed by atoms with Gasteiger partial charge >= 0.3 is 0 Å². The molecular weight excluding hydrogens is 546 g/mol. The molecule has 0 spiro atoms. The summed E-state index contributed by atoms with van der Waals surface area (Å²) < 4.78 is 25.5. The topological polar surface area (TPSA) is 106 Å². The SMILES string of the molecule is CC(=O)NCCCCCCOC1C(O)C(O)C(OCc2ccccc2)C(OCc2ccccc2)C1OCc1ccccc1. The monoisotopic (exact) mass is 591 g/mol. The van der Waals surface area contributed by atoms with Crippen molar-refractivity contribution in [2.45, 2.75) is 89.1 Å². The van der Waals surface area contributed by atoms with Crippen molar-refractivity contribution in [3.63, 3.8) is 0 Å². The van der Waals surface area contributed by atoms with E-state index >= 15 is 0 Å². The van der Waals surface area contributed by atoms with Crippen LogP contribution in [0.4, 0.5) is 0 Å². The number of rotatable bonds is 17. The molecule has 0 radical (unpaired) electrons. The van der Waals surface area contributed by atoms with Crippen LogP contribution in [0.25, 0.3) is 0 Å². The second-order valence-electron chi connectivity index (χ2n) is 11.0. The third-order valence-electron chi connectivity index (χ3n) is 7.61. The molecule has 1 aliphatic carbocycles. The van der Waals surface area contributed by atoms with Crippen LogP contribution < -0.4 is 5.32 Å². The normalized spacial score (nSPS) is 23.6. The first kappa shape index (κ1) is 32.8. The van der Waals surface area contributed by atoms with Gasteiger partial charge in [-0.3, -0.25) is 4.79 Å². The highest BCUT2D eigenvalue weighted by Gasteiger charge is 2.52. The summed E-state index contributed by atoms with van der Waals surface area (Å²) in [6.45, 7) is 3.38. The van der Waals surface area contributed by atoms with Gasteiger partial charge in [0.05, 0.1) is 19.8 Å². The van der Waals surface area contributed by atoms with Crippen molar-refractivity contribution < 1.29 is 34.0 Å². The van der Waals surface area contributed by atoms with Gasteiger partial charge in [-0.1, -0.05) is 104 Å². The molecule has 1 aliphatic rings. The van der Waals surface area contributed by atoms with Crippen LogP contribution in [-0.2, 0) is 43.6 Å². The lowest BCUT2D eigenvalue weighted by Gasteiger charge is -2.47. The Morgan fingerprint density at radius 3 is 1.42 bits per heavy atom. The van der Waals surface area contributed by atoms with Gasteiger partial charge in [0.15, 0.2) is 0 Å². The predicted molar refractivity (Wildman–Crippen MR) is 164 cm³/mol. The van der Waals surface area contributed by atoms with Crippen molar-refractivity contribution in [3.8, 4) is 0 Å². The third kappa shape index (κ3) is 10.5. The standard InChI is InChI=1S/C35H45NO7/c1-26(37)36-21-13-2-3-14-22-40-32-30(38)31(39)33(41-23-27-15-7-4-8-16-27)35(43-25-29-19-11-6-12-20-29)34(32)42-24-28-17-9-5-10-18-28/h4-12,15-20,30-35,38-39H,2-3,13-14,21-25H2,1H3,(H,36,37). The van der Waals surface area contributed by atoms with Crippen molar-refractivity contribution in [1.82, 2.24) is 5.32 Å². The van der Waals surface area contributed by atoms with Gasteiger partial charge in [0.25, 0.3) is 0 Å². The molecule has 1 saturated carbocycles. The summed E-state index contributed by atoms with van der Waals surface area (Å²) in [5, 5.41) is 25.6. The summed E-state index contributed by atoms with van der Waals surface area (Å²) in [6.07, 6.45) is -2.05. The second kappa shape index (κ2) is 17.9. The lowest BCUT2D eigenvalue weighted by molar-refractivity contribution is -0.272. The van der Waals surface area contributed by atoms with Crippen LogP contribution in [0.5, 0.6) is 0 Å². The van der Waals surface area contributed by atoms with E-state index in [0.717, 1.165) is 42.4 Å². The molecule has 4 rings (SSSR count). The van der Waals surface area contributed by atoms with Crippen LogP contribution in [-0.4, -0.2) is 65.9 Å². The van der Waals surface area contributed by atoms with Gasteiger partial charge in [0.1, 0.15) is 36.6 Å². The number of carbonyl (C=O) groups excluding carboxylic acids is 1. The number of unbranched alkanes of at least 4 members (excludes halogenated alkanes) is 3. The van der Waals surface area contributed by atoms with E-state index in [4.69, 9.17) is 18.9 Å². The molecule has 1 amide bonds. The number of ether oxygens (including phenoxy) is 4. The lowest BCUT2D eigenvalue weighted by Crippen LogP contribution is -2.66. The number of carbonyl (C=O) groups is 1. The number of aliphatic hydroxyl groups excluding tert-OH is 2.